The third-order valence-corrected chi connectivity index (χ3v) is 4.92. The minimum atomic E-state index is -3.46. The number of benzene rings is 1. The summed E-state index contributed by atoms with van der Waals surface area (Å²) in [7, 11) is -2.07. The van der Waals surface area contributed by atoms with Crippen LogP contribution in [0.25, 0.3) is 0 Å². The number of nitrogens with two attached hydrogens (primary N) is 1. The normalized spacial score (nSPS) is 20.1. The Bertz CT molecular complexity index is 574. The number of hydrogen-bond donors (Lipinski definition) is 2. The minimum Gasteiger partial charge on any atom is -0.397 e. The molecular formula is C13H21N3O3S. The van der Waals surface area contributed by atoms with E-state index in [0.717, 1.165) is 25.2 Å². The Balaban J connectivity index is 2.26. The van der Waals surface area contributed by atoms with Crippen molar-refractivity contribution in [1.29, 1.82) is 0 Å². The van der Waals surface area contributed by atoms with E-state index in [1.165, 1.54) is 13.1 Å². The molecule has 1 aliphatic rings. The molecule has 1 aliphatic heterocycles. The summed E-state index contributed by atoms with van der Waals surface area (Å²) < 4.78 is 31.4. The van der Waals surface area contributed by atoms with Gasteiger partial charge in [-0.2, -0.15) is 0 Å². The maximum absolute atomic E-state index is 11.7. The molecule has 6 nitrogen and oxygen atoms in total. The van der Waals surface area contributed by atoms with Gasteiger partial charge in [-0.05, 0) is 31.7 Å². The van der Waals surface area contributed by atoms with E-state index in [1.54, 1.807) is 12.1 Å². The average Bonchev–Trinajstić information content (AvgIpc) is 2.47. The number of hydrogen-bond acceptors (Lipinski definition) is 5. The van der Waals surface area contributed by atoms with Crippen molar-refractivity contribution in [2.45, 2.75) is 24.3 Å². The Morgan fingerprint density at radius 1 is 1.50 bits per heavy atom. The molecule has 1 aromatic rings. The summed E-state index contributed by atoms with van der Waals surface area (Å²) in [5.41, 5.74) is 7.35. The van der Waals surface area contributed by atoms with Crippen LogP contribution in [0.4, 0.5) is 11.4 Å². The van der Waals surface area contributed by atoms with Crippen LogP contribution in [0, 0.1) is 0 Å². The number of morpholine rings is 1. The lowest BCUT2D eigenvalue weighted by Gasteiger charge is -2.34. The number of nitrogen functional groups attached to an aromatic ring is 1. The van der Waals surface area contributed by atoms with Gasteiger partial charge < -0.3 is 15.4 Å². The quantitative estimate of drug-likeness (QED) is 0.803. The smallest absolute Gasteiger partial charge is 0.240 e. The minimum absolute atomic E-state index is 0.182. The number of ether oxygens (including phenoxy) is 1. The van der Waals surface area contributed by atoms with Gasteiger partial charge in [-0.15, -0.1) is 0 Å². The lowest BCUT2D eigenvalue weighted by Crippen LogP contribution is -2.42. The maximum atomic E-state index is 11.7. The van der Waals surface area contributed by atoms with Crippen LogP contribution in [-0.2, 0) is 14.8 Å². The van der Waals surface area contributed by atoms with Crippen LogP contribution in [0.2, 0.25) is 0 Å². The van der Waals surface area contributed by atoms with Gasteiger partial charge in [0.05, 0.1) is 29.0 Å². The summed E-state index contributed by atoms with van der Waals surface area (Å²) in [4.78, 5) is 2.32. The molecule has 0 saturated carbocycles. The molecule has 2 rings (SSSR count). The number of rotatable bonds is 4. The van der Waals surface area contributed by atoms with Crippen molar-refractivity contribution in [2.24, 2.45) is 0 Å². The summed E-state index contributed by atoms with van der Waals surface area (Å²) in [6, 6.07) is 4.84. The third kappa shape index (κ3) is 3.05. The second kappa shape index (κ2) is 5.99. The Kier molecular flexibility index (Phi) is 4.52. The second-order valence-corrected chi connectivity index (χ2v) is 6.66. The molecule has 0 bridgehead atoms. The molecule has 7 heteroatoms. The molecule has 0 aromatic heterocycles. The molecule has 1 heterocycles. The lowest BCUT2D eigenvalue weighted by molar-refractivity contribution is 0.0385. The summed E-state index contributed by atoms with van der Waals surface area (Å²) >= 11 is 0. The first kappa shape index (κ1) is 15.1. The highest BCUT2D eigenvalue weighted by Gasteiger charge is 2.21. The van der Waals surface area contributed by atoms with Crippen molar-refractivity contribution < 1.29 is 13.2 Å². The number of anilines is 2. The van der Waals surface area contributed by atoms with Crippen molar-refractivity contribution in [3.8, 4) is 0 Å². The fourth-order valence-electron chi connectivity index (χ4n) is 2.29. The maximum Gasteiger partial charge on any atom is 0.240 e. The molecule has 0 radical (unpaired) electrons. The van der Waals surface area contributed by atoms with E-state index in [1.807, 2.05) is 0 Å². The second-order valence-electron chi connectivity index (χ2n) is 4.78. The largest absolute Gasteiger partial charge is 0.397 e. The van der Waals surface area contributed by atoms with Crippen molar-refractivity contribution in [1.82, 2.24) is 4.72 Å². The van der Waals surface area contributed by atoms with Gasteiger partial charge in [0.2, 0.25) is 10.0 Å². The molecular weight excluding hydrogens is 278 g/mol. The van der Waals surface area contributed by atoms with Gasteiger partial charge in [-0.25, -0.2) is 13.1 Å². The van der Waals surface area contributed by atoms with Gasteiger partial charge in [0.15, 0.2) is 0 Å². The van der Waals surface area contributed by atoms with Crippen molar-refractivity contribution in [3.05, 3.63) is 18.2 Å². The van der Waals surface area contributed by atoms with Crippen LogP contribution in [0.5, 0.6) is 0 Å². The summed E-state index contributed by atoms with van der Waals surface area (Å²) in [5.74, 6) is 0. The van der Waals surface area contributed by atoms with Crippen LogP contribution in [-0.4, -0.2) is 41.3 Å². The lowest BCUT2D eigenvalue weighted by atomic mass is 10.2. The molecule has 1 aromatic carbocycles. The molecule has 3 N–H and O–H groups in total. The van der Waals surface area contributed by atoms with E-state index in [0.29, 0.717) is 12.3 Å². The van der Waals surface area contributed by atoms with Gasteiger partial charge >= 0.3 is 0 Å². The van der Waals surface area contributed by atoms with Crippen molar-refractivity contribution in [3.63, 3.8) is 0 Å². The molecule has 0 spiro atoms. The molecule has 1 fully saturated rings. The van der Waals surface area contributed by atoms with Crippen molar-refractivity contribution in [2.75, 3.05) is 37.4 Å². The van der Waals surface area contributed by atoms with E-state index in [9.17, 15) is 8.42 Å². The van der Waals surface area contributed by atoms with Crippen LogP contribution >= 0.6 is 0 Å². The van der Waals surface area contributed by atoms with Gasteiger partial charge in [0.25, 0.3) is 0 Å². The first-order valence-electron chi connectivity index (χ1n) is 6.67. The Hall–Kier alpha value is -1.31. The standard InChI is InChI=1S/C13H21N3O3S/c1-3-10-9-16(6-7-19-10)13-5-4-11(8-12(13)14)20(17,18)15-2/h4-5,8,10,15H,3,6-7,9,14H2,1-2H3. The zero-order valence-corrected chi connectivity index (χ0v) is 12.6. The zero-order chi connectivity index (χ0) is 14.8. The van der Waals surface area contributed by atoms with E-state index >= 15 is 0 Å². The molecule has 0 aliphatic carbocycles. The molecule has 1 unspecified atom stereocenters. The SMILES string of the molecule is CCC1CN(c2ccc(S(=O)(=O)NC)cc2N)CCO1. The monoisotopic (exact) mass is 299 g/mol. The molecule has 20 heavy (non-hydrogen) atoms. The molecule has 1 saturated heterocycles. The highest BCUT2D eigenvalue weighted by molar-refractivity contribution is 7.89. The average molecular weight is 299 g/mol. The first-order chi connectivity index (χ1) is 9.47. The number of nitrogens with zero attached hydrogens (tertiary/aromatic N) is 1. The van der Waals surface area contributed by atoms with Gasteiger partial charge in [-0.3, -0.25) is 0 Å². The first-order valence-corrected chi connectivity index (χ1v) is 8.16. The fraction of sp³-hybridized carbons (Fsp3) is 0.538. The summed E-state index contributed by atoms with van der Waals surface area (Å²) in [5, 5.41) is 0. The number of nitrogens with one attached hydrogen (secondary N) is 1. The van der Waals surface area contributed by atoms with Crippen LogP contribution in [0.1, 0.15) is 13.3 Å². The fourth-order valence-corrected chi connectivity index (χ4v) is 3.06. The predicted molar refractivity (Wildman–Crippen MR) is 79.3 cm³/mol. The van der Waals surface area contributed by atoms with E-state index in [-0.39, 0.29) is 11.0 Å². The van der Waals surface area contributed by atoms with Gasteiger partial charge in [-0.1, -0.05) is 6.92 Å². The van der Waals surface area contributed by atoms with Gasteiger partial charge in [0, 0.05) is 13.1 Å². The van der Waals surface area contributed by atoms with E-state index in [2.05, 4.69) is 16.5 Å². The molecule has 112 valence electrons. The van der Waals surface area contributed by atoms with Crippen LogP contribution in [0.3, 0.4) is 0 Å². The number of sulfonamides is 1. The van der Waals surface area contributed by atoms with Crippen molar-refractivity contribution >= 4 is 21.4 Å². The summed E-state index contributed by atoms with van der Waals surface area (Å²) in [6.07, 6.45) is 1.15. The summed E-state index contributed by atoms with van der Waals surface area (Å²) in [6.45, 7) is 4.28. The van der Waals surface area contributed by atoms with Crippen LogP contribution < -0.4 is 15.4 Å². The topological polar surface area (TPSA) is 84.7 Å². The third-order valence-electron chi connectivity index (χ3n) is 3.51. The Morgan fingerprint density at radius 2 is 2.25 bits per heavy atom. The highest BCUT2D eigenvalue weighted by Crippen LogP contribution is 2.28. The molecule has 0 amide bonds. The Morgan fingerprint density at radius 3 is 2.85 bits per heavy atom. The van der Waals surface area contributed by atoms with Crippen LogP contribution in [0.15, 0.2) is 23.1 Å². The zero-order valence-electron chi connectivity index (χ0n) is 11.8. The predicted octanol–water partition coefficient (Wildman–Crippen LogP) is 0.792. The van der Waals surface area contributed by atoms with E-state index < -0.39 is 10.0 Å². The highest BCUT2D eigenvalue weighted by atomic mass is 32.2. The Labute approximate surface area is 120 Å². The van der Waals surface area contributed by atoms with Gasteiger partial charge in [0.1, 0.15) is 0 Å². The van der Waals surface area contributed by atoms with E-state index in [4.69, 9.17) is 10.5 Å². The molecule has 1 atom stereocenters.